The molecule has 1 heterocycles. The van der Waals surface area contributed by atoms with Crippen LogP contribution in [0.3, 0.4) is 0 Å². The largest absolute Gasteiger partial charge is 0.379 e. The number of nitrogens with one attached hydrogen (secondary N) is 1. The molecular weight excluding hydrogens is 228 g/mol. The van der Waals surface area contributed by atoms with E-state index in [2.05, 4.69) is 24.1 Å². The molecular formula is C14H28N2O2. The normalized spacial score (nSPS) is 21.4. The maximum Gasteiger partial charge on any atom is 0.225 e. The second-order valence-electron chi connectivity index (χ2n) is 6.38. The lowest BCUT2D eigenvalue weighted by molar-refractivity contribution is -0.129. The fourth-order valence-electron chi connectivity index (χ4n) is 2.10. The minimum Gasteiger partial charge on any atom is -0.379 e. The van der Waals surface area contributed by atoms with Gasteiger partial charge in [-0.15, -0.1) is 0 Å². The molecule has 0 aromatic carbocycles. The van der Waals surface area contributed by atoms with E-state index in [1.54, 1.807) is 0 Å². The van der Waals surface area contributed by atoms with Crippen LogP contribution in [0.4, 0.5) is 0 Å². The Bertz CT molecular complexity index is 280. The summed E-state index contributed by atoms with van der Waals surface area (Å²) in [5, 5.41) is 3.09. The van der Waals surface area contributed by atoms with Crippen molar-refractivity contribution in [3.8, 4) is 0 Å². The Hall–Kier alpha value is -0.610. The van der Waals surface area contributed by atoms with Crippen molar-refractivity contribution in [2.24, 2.45) is 5.41 Å². The highest BCUT2D eigenvalue weighted by atomic mass is 16.5. The summed E-state index contributed by atoms with van der Waals surface area (Å²) in [6.07, 6.45) is 1.03. The van der Waals surface area contributed by atoms with Crippen molar-refractivity contribution in [1.29, 1.82) is 0 Å². The van der Waals surface area contributed by atoms with E-state index < -0.39 is 0 Å². The van der Waals surface area contributed by atoms with E-state index in [0.717, 1.165) is 32.7 Å². The fraction of sp³-hybridized carbons (Fsp3) is 0.929. The number of morpholine rings is 1. The second kappa shape index (κ2) is 6.02. The fourth-order valence-corrected chi connectivity index (χ4v) is 2.10. The molecule has 1 N–H and O–H groups in total. The number of amides is 1. The minimum absolute atomic E-state index is 0.0324. The Balaban J connectivity index is 2.56. The number of carbonyl (C=O) groups excluding carboxylic acids is 1. The standard InChI is InChI=1S/C14H28N2O2/c1-6-14(5,16-7-9-18-10-8-16)11-15-12(17)13(2,3)4/h6-11H2,1-5H3,(H,15,17)/t14-/m0/s1. The predicted molar refractivity (Wildman–Crippen MR) is 73.6 cm³/mol. The highest BCUT2D eigenvalue weighted by Crippen LogP contribution is 2.21. The first kappa shape index (κ1) is 15.4. The Morgan fingerprint density at radius 3 is 2.22 bits per heavy atom. The summed E-state index contributed by atoms with van der Waals surface area (Å²) >= 11 is 0. The zero-order valence-corrected chi connectivity index (χ0v) is 12.5. The van der Waals surface area contributed by atoms with Gasteiger partial charge in [-0.05, 0) is 13.3 Å². The Morgan fingerprint density at radius 2 is 1.78 bits per heavy atom. The topological polar surface area (TPSA) is 41.6 Å². The summed E-state index contributed by atoms with van der Waals surface area (Å²) in [6, 6.07) is 0. The molecule has 0 unspecified atom stereocenters. The lowest BCUT2D eigenvalue weighted by Gasteiger charge is -2.43. The molecule has 18 heavy (non-hydrogen) atoms. The van der Waals surface area contributed by atoms with Gasteiger partial charge in [0.25, 0.3) is 0 Å². The van der Waals surface area contributed by atoms with Crippen LogP contribution in [0.5, 0.6) is 0 Å². The van der Waals surface area contributed by atoms with Gasteiger partial charge < -0.3 is 10.1 Å². The smallest absolute Gasteiger partial charge is 0.225 e. The van der Waals surface area contributed by atoms with Crippen molar-refractivity contribution in [2.75, 3.05) is 32.8 Å². The molecule has 0 spiro atoms. The van der Waals surface area contributed by atoms with Crippen LogP contribution in [-0.4, -0.2) is 49.2 Å². The molecule has 1 saturated heterocycles. The molecule has 1 atom stereocenters. The van der Waals surface area contributed by atoms with Crippen LogP contribution in [0, 0.1) is 5.41 Å². The molecule has 0 aromatic rings. The van der Waals surface area contributed by atoms with Crippen molar-refractivity contribution in [2.45, 2.75) is 46.6 Å². The maximum absolute atomic E-state index is 12.0. The highest BCUT2D eigenvalue weighted by molar-refractivity contribution is 5.81. The Morgan fingerprint density at radius 1 is 1.22 bits per heavy atom. The third-order valence-corrected chi connectivity index (χ3v) is 3.85. The highest BCUT2D eigenvalue weighted by Gasteiger charge is 2.32. The summed E-state index contributed by atoms with van der Waals surface area (Å²) in [6.45, 7) is 14.4. The lowest BCUT2D eigenvalue weighted by atomic mass is 9.92. The molecule has 1 amide bonds. The van der Waals surface area contributed by atoms with Crippen molar-refractivity contribution < 1.29 is 9.53 Å². The van der Waals surface area contributed by atoms with E-state index in [4.69, 9.17) is 4.74 Å². The van der Waals surface area contributed by atoms with E-state index in [-0.39, 0.29) is 16.9 Å². The summed E-state index contributed by atoms with van der Waals surface area (Å²) in [4.78, 5) is 14.4. The van der Waals surface area contributed by atoms with E-state index in [1.165, 1.54) is 0 Å². The molecule has 0 bridgehead atoms. The van der Waals surface area contributed by atoms with Gasteiger partial charge in [-0.2, -0.15) is 0 Å². The molecule has 0 radical (unpaired) electrons. The van der Waals surface area contributed by atoms with Crippen molar-refractivity contribution in [3.05, 3.63) is 0 Å². The first-order chi connectivity index (χ1) is 8.29. The molecule has 1 aliphatic rings. The number of hydrogen-bond acceptors (Lipinski definition) is 3. The van der Waals surface area contributed by atoms with Gasteiger partial charge in [-0.25, -0.2) is 0 Å². The molecule has 1 fully saturated rings. The second-order valence-corrected chi connectivity index (χ2v) is 6.38. The summed E-state index contributed by atoms with van der Waals surface area (Å²) in [5.74, 6) is 0.121. The van der Waals surface area contributed by atoms with Gasteiger partial charge in [-0.3, -0.25) is 9.69 Å². The number of ether oxygens (including phenoxy) is 1. The van der Waals surface area contributed by atoms with Gasteiger partial charge in [0, 0.05) is 30.6 Å². The summed E-state index contributed by atoms with van der Waals surface area (Å²) in [5.41, 5.74) is -0.287. The average molecular weight is 256 g/mol. The van der Waals surface area contributed by atoms with Crippen LogP contribution in [0.15, 0.2) is 0 Å². The maximum atomic E-state index is 12.0. The van der Waals surface area contributed by atoms with Gasteiger partial charge in [0.05, 0.1) is 13.2 Å². The van der Waals surface area contributed by atoms with Crippen molar-refractivity contribution in [3.63, 3.8) is 0 Å². The number of carbonyl (C=O) groups is 1. The van der Waals surface area contributed by atoms with Crippen LogP contribution in [0.1, 0.15) is 41.0 Å². The SMILES string of the molecule is CC[C@@](C)(CNC(=O)C(C)(C)C)N1CCOCC1. The zero-order valence-electron chi connectivity index (χ0n) is 12.5. The van der Waals surface area contributed by atoms with Crippen molar-refractivity contribution >= 4 is 5.91 Å². The van der Waals surface area contributed by atoms with Gasteiger partial charge >= 0.3 is 0 Å². The molecule has 0 saturated carbocycles. The molecule has 106 valence electrons. The van der Waals surface area contributed by atoms with Gasteiger partial charge in [0.1, 0.15) is 0 Å². The molecule has 4 heteroatoms. The molecule has 4 nitrogen and oxygen atoms in total. The summed E-state index contributed by atoms with van der Waals surface area (Å²) in [7, 11) is 0. The third kappa shape index (κ3) is 3.95. The monoisotopic (exact) mass is 256 g/mol. The van der Waals surface area contributed by atoms with Crippen LogP contribution in [-0.2, 0) is 9.53 Å². The Labute approximate surface area is 111 Å². The van der Waals surface area contributed by atoms with Crippen LogP contribution < -0.4 is 5.32 Å². The third-order valence-electron chi connectivity index (χ3n) is 3.85. The first-order valence-electron chi connectivity index (χ1n) is 6.91. The molecule has 1 rings (SSSR count). The average Bonchev–Trinajstić information content (AvgIpc) is 2.35. The quantitative estimate of drug-likeness (QED) is 0.831. The van der Waals surface area contributed by atoms with E-state index in [1.807, 2.05) is 20.8 Å². The van der Waals surface area contributed by atoms with Crippen LogP contribution in [0.2, 0.25) is 0 Å². The first-order valence-corrected chi connectivity index (χ1v) is 6.91. The van der Waals surface area contributed by atoms with E-state index in [9.17, 15) is 4.79 Å². The van der Waals surface area contributed by atoms with Gasteiger partial charge in [-0.1, -0.05) is 27.7 Å². The molecule has 1 aliphatic heterocycles. The number of rotatable bonds is 4. The van der Waals surface area contributed by atoms with E-state index in [0.29, 0.717) is 6.54 Å². The van der Waals surface area contributed by atoms with Gasteiger partial charge in [0.2, 0.25) is 5.91 Å². The molecule has 0 aromatic heterocycles. The minimum atomic E-state index is -0.320. The Kier molecular flexibility index (Phi) is 5.17. The lowest BCUT2D eigenvalue weighted by Crippen LogP contribution is -2.57. The predicted octanol–water partition coefficient (Wildman–Crippen LogP) is 1.65. The van der Waals surface area contributed by atoms with Crippen molar-refractivity contribution in [1.82, 2.24) is 10.2 Å². The number of hydrogen-bond donors (Lipinski definition) is 1. The van der Waals surface area contributed by atoms with Crippen LogP contribution >= 0.6 is 0 Å². The van der Waals surface area contributed by atoms with E-state index >= 15 is 0 Å². The summed E-state index contributed by atoms with van der Waals surface area (Å²) < 4.78 is 5.39. The zero-order chi connectivity index (χ0) is 13.8. The molecule has 0 aliphatic carbocycles. The van der Waals surface area contributed by atoms with Crippen LogP contribution in [0.25, 0.3) is 0 Å². The van der Waals surface area contributed by atoms with Gasteiger partial charge in [0.15, 0.2) is 0 Å². The number of nitrogens with zero attached hydrogens (tertiary/aromatic N) is 1.